The first-order valence-electron chi connectivity index (χ1n) is 6.89. The Hall–Kier alpha value is -1.62. The monoisotopic (exact) mass is 261 g/mol. The maximum absolute atomic E-state index is 4.47. The van der Waals surface area contributed by atoms with Gasteiger partial charge in [0.1, 0.15) is 5.82 Å². The van der Waals surface area contributed by atoms with Crippen LogP contribution in [-0.4, -0.2) is 25.9 Å². The van der Waals surface area contributed by atoms with Crippen LogP contribution < -0.4 is 5.32 Å². The summed E-state index contributed by atoms with van der Waals surface area (Å²) in [7, 11) is 1.96. The molecule has 0 aliphatic heterocycles. The molecule has 0 saturated heterocycles. The Morgan fingerprint density at radius 1 is 1.37 bits per heavy atom. The first kappa shape index (κ1) is 13.8. The molecule has 0 fully saturated rings. The molecule has 0 bridgehead atoms. The standard InChI is InChI=1S/C14H23N5/c1-5-15-13(12-10-18(4)17-11(12)3)9-14-16-7-8-19(14)6-2/h7-8,10,13,15H,5-6,9H2,1-4H3. The van der Waals surface area contributed by atoms with Gasteiger partial charge in [-0.2, -0.15) is 5.10 Å². The van der Waals surface area contributed by atoms with Crippen LogP contribution in [-0.2, 0) is 20.0 Å². The normalized spacial score (nSPS) is 12.8. The molecule has 0 aliphatic rings. The number of nitrogens with one attached hydrogen (secondary N) is 1. The zero-order chi connectivity index (χ0) is 13.8. The second kappa shape index (κ2) is 6.02. The van der Waals surface area contributed by atoms with Crippen molar-refractivity contribution in [3.8, 4) is 0 Å². The maximum atomic E-state index is 4.47. The van der Waals surface area contributed by atoms with E-state index in [-0.39, 0.29) is 6.04 Å². The van der Waals surface area contributed by atoms with Gasteiger partial charge < -0.3 is 9.88 Å². The van der Waals surface area contributed by atoms with Gasteiger partial charge in [-0.1, -0.05) is 6.92 Å². The Morgan fingerprint density at radius 2 is 2.16 bits per heavy atom. The number of aryl methyl sites for hydroxylation is 3. The van der Waals surface area contributed by atoms with E-state index in [1.54, 1.807) is 0 Å². The average Bonchev–Trinajstić information content (AvgIpc) is 2.95. The van der Waals surface area contributed by atoms with Crippen LogP contribution in [0.2, 0.25) is 0 Å². The van der Waals surface area contributed by atoms with E-state index in [0.717, 1.165) is 31.0 Å². The van der Waals surface area contributed by atoms with E-state index in [0.29, 0.717) is 0 Å². The van der Waals surface area contributed by atoms with Gasteiger partial charge in [0.25, 0.3) is 0 Å². The van der Waals surface area contributed by atoms with Crippen LogP contribution in [0.5, 0.6) is 0 Å². The molecule has 0 amide bonds. The van der Waals surface area contributed by atoms with Gasteiger partial charge >= 0.3 is 0 Å². The van der Waals surface area contributed by atoms with E-state index in [1.807, 2.05) is 24.1 Å². The minimum absolute atomic E-state index is 0.270. The highest BCUT2D eigenvalue weighted by Crippen LogP contribution is 2.20. The lowest BCUT2D eigenvalue weighted by atomic mass is 10.0. The van der Waals surface area contributed by atoms with Gasteiger partial charge in [0.05, 0.1) is 5.69 Å². The van der Waals surface area contributed by atoms with Crippen molar-refractivity contribution in [2.45, 2.75) is 39.8 Å². The Kier molecular flexibility index (Phi) is 4.37. The minimum Gasteiger partial charge on any atom is -0.335 e. The molecule has 2 rings (SSSR count). The number of rotatable bonds is 6. The molecule has 0 radical (unpaired) electrons. The van der Waals surface area contributed by atoms with E-state index >= 15 is 0 Å². The Labute approximate surface area is 114 Å². The second-order valence-corrected chi connectivity index (χ2v) is 4.79. The van der Waals surface area contributed by atoms with Crippen LogP contribution in [0, 0.1) is 6.92 Å². The zero-order valence-electron chi connectivity index (χ0n) is 12.2. The van der Waals surface area contributed by atoms with Crippen molar-refractivity contribution in [1.82, 2.24) is 24.6 Å². The Balaban J connectivity index is 2.23. The van der Waals surface area contributed by atoms with E-state index < -0.39 is 0 Å². The summed E-state index contributed by atoms with van der Waals surface area (Å²) in [6.07, 6.45) is 6.90. The van der Waals surface area contributed by atoms with E-state index in [4.69, 9.17) is 0 Å². The molecule has 104 valence electrons. The lowest BCUT2D eigenvalue weighted by Gasteiger charge is -2.17. The van der Waals surface area contributed by atoms with Crippen LogP contribution in [0.15, 0.2) is 18.6 Å². The number of likely N-dealkylation sites (N-methyl/N-ethyl adjacent to an activating group) is 1. The van der Waals surface area contributed by atoms with Crippen LogP contribution in [0.4, 0.5) is 0 Å². The SMILES string of the molecule is CCNC(Cc1nccn1CC)c1cn(C)nc1C. The largest absolute Gasteiger partial charge is 0.335 e. The molecule has 0 saturated carbocycles. The summed E-state index contributed by atoms with van der Waals surface area (Å²) in [6.45, 7) is 8.23. The van der Waals surface area contributed by atoms with Crippen molar-refractivity contribution in [2.75, 3.05) is 6.54 Å². The molecule has 19 heavy (non-hydrogen) atoms. The average molecular weight is 261 g/mol. The number of hydrogen-bond acceptors (Lipinski definition) is 3. The maximum Gasteiger partial charge on any atom is 0.110 e. The fourth-order valence-electron chi connectivity index (χ4n) is 2.50. The molecule has 1 N–H and O–H groups in total. The molecule has 0 aromatic carbocycles. The molecular formula is C14H23N5. The minimum atomic E-state index is 0.270. The summed E-state index contributed by atoms with van der Waals surface area (Å²) in [5, 5.41) is 7.97. The highest BCUT2D eigenvalue weighted by molar-refractivity contribution is 5.21. The van der Waals surface area contributed by atoms with E-state index in [9.17, 15) is 0 Å². The quantitative estimate of drug-likeness (QED) is 0.863. The predicted molar refractivity (Wildman–Crippen MR) is 76.0 cm³/mol. The molecular weight excluding hydrogens is 238 g/mol. The number of imidazole rings is 1. The molecule has 2 aromatic heterocycles. The van der Waals surface area contributed by atoms with Crippen LogP contribution in [0.3, 0.4) is 0 Å². The van der Waals surface area contributed by atoms with Gasteiger partial charge in [-0.25, -0.2) is 4.98 Å². The topological polar surface area (TPSA) is 47.7 Å². The lowest BCUT2D eigenvalue weighted by molar-refractivity contribution is 0.520. The van der Waals surface area contributed by atoms with Gasteiger partial charge in [-0.05, 0) is 20.4 Å². The molecule has 1 atom stereocenters. The van der Waals surface area contributed by atoms with Crippen molar-refractivity contribution in [2.24, 2.45) is 7.05 Å². The van der Waals surface area contributed by atoms with Crippen molar-refractivity contribution in [3.63, 3.8) is 0 Å². The number of hydrogen-bond donors (Lipinski definition) is 1. The summed E-state index contributed by atoms with van der Waals surface area (Å²) in [5.74, 6) is 1.12. The summed E-state index contributed by atoms with van der Waals surface area (Å²) >= 11 is 0. The first-order chi connectivity index (χ1) is 9.15. The van der Waals surface area contributed by atoms with Crippen LogP contribution in [0.1, 0.15) is 37.0 Å². The van der Waals surface area contributed by atoms with Gasteiger partial charge in [0.15, 0.2) is 0 Å². The molecule has 2 heterocycles. The molecule has 2 aromatic rings. The summed E-state index contributed by atoms with van der Waals surface area (Å²) in [4.78, 5) is 4.47. The molecule has 0 spiro atoms. The number of aromatic nitrogens is 4. The third-order valence-corrected chi connectivity index (χ3v) is 3.41. The van der Waals surface area contributed by atoms with Gasteiger partial charge in [0.2, 0.25) is 0 Å². The molecule has 5 nitrogen and oxygen atoms in total. The van der Waals surface area contributed by atoms with Crippen LogP contribution >= 0.6 is 0 Å². The molecule has 5 heteroatoms. The Bertz CT molecular complexity index is 526. The molecule has 0 aliphatic carbocycles. The zero-order valence-corrected chi connectivity index (χ0v) is 12.2. The van der Waals surface area contributed by atoms with Crippen molar-refractivity contribution in [1.29, 1.82) is 0 Å². The first-order valence-corrected chi connectivity index (χ1v) is 6.89. The summed E-state index contributed by atoms with van der Waals surface area (Å²) in [5.41, 5.74) is 2.35. The smallest absolute Gasteiger partial charge is 0.110 e. The van der Waals surface area contributed by atoms with Crippen molar-refractivity contribution >= 4 is 0 Å². The molecule has 1 unspecified atom stereocenters. The van der Waals surface area contributed by atoms with Crippen LogP contribution in [0.25, 0.3) is 0 Å². The third kappa shape index (κ3) is 3.04. The fraction of sp³-hybridized carbons (Fsp3) is 0.571. The van der Waals surface area contributed by atoms with Gasteiger partial charge in [-0.15, -0.1) is 0 Å². The number of nitrogens with zero attached hydrogens (tertiary/aromatic N) is 4. The van der Waals surface area contributed by atoms with E-state index in [2.05, 4.69) is 46.9 Å². The van der Waals surface area contributed by atoms with Gasteiger partial charge in [-0.3, -0.25) is 4.68 Å². The fourth-order valence-corrected chi connectivity index (χ4v) is 2.50. The lowest BCUT2D eigenvalue weighted by Crippen LogP contribution is -2.24. The van der Waals surface area contributed by atoms with Gasteiger partial charge in [0, 0.05) is 50.2 Å². The highest BCUT2D eigenvalue weighted by atomic mass is 15.3. The van der Waals surface area contributed by atoms with E-state index in [1.165, 1.54) is 5.56 Å². The second-order valence-electron chi connectivity index (χ2n) is 4.79. The van der Waals surface area contributed by atoms with Crippen molar-refractivity contribution in [3.05, 3.63) is 35.7 Å². The Morgan fingerprint density at radius 3 is 2.74 bits per heavy atom. The summed E-state index contributed by atoms with van der Waals surface area (Å²) in [6, 6.07) is 0.270. The third-order valence-electron chi connectivity index (χ3n) is 3.41. The summed E-state index contributed by atoms with van der Waals surface area (Å²) < 4.78 is 4.07. The highest BCUT2D eigenvalue weighted by Gasteiger charge is 2.18. The predicted octanol–water partition coefficient (Wildman–Crippen LogP) is 1.84. The van der Waals surface area contributed by atoms with Crippen molar-refractivity contribution < 1.29 is 0 Å².